The van der Waals surface area contributed by atoms with Crippen molar-refractivity contribution in [3.8, 4) is 0 Å². The van der Waals surface area contributed by atoms with Crippen LogP contribution in [0.4, 0.5) is 10.1 Å². The first kappa shape index (κ1) is 19.0. The zero-order chi connectivity index (χ0) is 19.1. The summed E-state index contributed by atoms with van der Waals surface area (Å²) in [6, 6.07) is 13.4. The normalized spacial score (nSPS) is 17.0. The molecule has 0 bridgehead atoms. The van der Waals surface area contributed by atoms with E-state index in [4.69, 9.17) is 4.74 Å². The topological polar surface area (TPSA) is 62.7 Å². The minimum Gasteiger partial charge on any atom is -0.376 e. The Balaban J connectivity index is 1.78. The number of nitrogens with one attached hydrogen (secondary N) is 2. The summed E-state index contributed by atoms with van der Waals surface area (Å²) in [4.78, 5) is 17.0. The number of halogens is 1. The first-order chi connectivity index (χ1) is 13.2. The number of carbonyl (C=O) groups excluding carboxylic acids is 1. The molecule has 1 aliphatic rings. The Hall–Kier alpha value is -2.73. The molecular weight excluding hydrogens is 345 g/mol. The molecule has 0 aromatic heterocycles. The van der Waals surface area contributed by atoms with Crippen molar-refractivity contribution in [1.82, 2.24) is 5.32 Å². The Kier molecular flexibility index (Phi) is 6.54. The maximum Gasteiger partial charge on any atom is 0.258 e. The van der Waals surface area contributed by atoms with Crippen molar-refractivity contribution in [3.63, 3.8) is 0 Å². The Labute approximate surface area is 158 Å². The molecule has 2 N–H and O–H groups in total. The monoisotopic (exact) mass is 369 g/mol. The molecule has 1 atom stereocenters. The molecule has 0 saturated carbocycles. The van der Waals surface area contributed by atoms with Gasteiger partial charge in [-0.25, -0.2) is 9.38 Å². The number of hydrogen-bond acceptors (Lipinski definition) is 3. The number of aryl methyl sites for hydroxylation is 1. The van der Waals surface area contributed by atoms with E-state index in [9.17, 15) is 9.18 Å². The van der Waals surface area contributed by atoms with Crippen LogP contribution in [-0.2, 0) is 11.2 Å². The summed E-state index contributed by atoms with van der Waals surface area (Å²) < 4.78 is 19.0. The molecule has 1 aliphatic heterocycles. The Bertz CT molecular complexity index is 817. The third kappa shape index (κ3) is 5.37. The predicted molar refractivity (Wildman–Crippen MR) is 105 cm³/mol. The van der Waals surface area contributed by atoms with E-state index in [1.165, 1.54) is 18.2 Å². The van der Waals surface area contributed by atoms with E-state index in [-0.39, 0.29) is 11.7 Å². The first-order valence-electron chi connectivity index (χ1n) is 9.23. The van der Waals surface area contributed by atoms with Crippen LogP contribution < -0.4 is 10.6 Å². The zero-order valence-corrected chi connectivity index (χ0v) is 15.4. The first-order valence-corrected chi connectivity index (χ1v) is 9.23. The lowest BCUT2D eigenvalue weighted by Crippen LogP contribution is -2.37. The van der Waals surface area contributed by atoms with Crippen molar-refractivity contribution in [2.24, 2.45) is 4.99 Å². The third-order valence-electron chi connectivity index (χ3n) is 4.45. The van der Waals surface area contributed by atoms with E-state index in [0.29, 0.717) is 12.5 Å². The Morgan fingerprint density at radius 1 is 1.26 bits per heavy atom. The lowest BCUT2D eigenvalue weighted by molar-refractivity contribution is 0.0975. The van der Waals surface area contributed by atoms with Gasteiger partial charge in [-0.3, -0.25) is 10.1 Å². The van der Waals surface area contributed by atoms with Crippen molar-refractivity contribution in [1.29, 1.82) is 0 Å². The summed E-state index contributed by atoms with van der Waals surface area (Å²) >= 11 is 0. The number of nitrogens with zero attached hydrogens (tertiary/aromatic N) is 1. The third-order valence-corrected chi connectivity index (χ3v) is 4.45. The van der Waals surface area contributed by atoms with E-state index in [0.717, 1.165) is 37.1 Å². The molecule has 0 spiro atoms. The quantitative estimate of drug-likeness (QED) is 0.623. The smallest absolute Gasteiger partial charge is 0.258 e. The highest BCUT2D eigenvalue weighted by Gasteiger charge is 2.16. The van der Waals surface area contributed by atoms with Gasteiger partial charge in [-0.1, -0.05) is 31.2 Å². The molecule has 0 radical (unpaired) electrons. The minimum atomic E-state index is -0.454. The van der Waals surface area contributed by atoms with Crippen LogP contribution in [0, 0.1) is 5.82 Å². The van der Waals surface area contributed by atoms with Crippen LogP contribution in [0.5, 0.6) is 0 Å². The number of amides is 1. The molecule has 3 rings (SSSR count). The van der Waals surface area contributed by atoms with Crippen molar-refractivity contribution >= 4 is 17.6 Å². The van der Waals surface area contributed by atoms with Gasteiger partial charge in [-0.15, -0.1) is 0 Å². The van der Waals surface area contributed by atoms with Crippen LogP contribution in [0.15, 0.2) is 53.5 Å². The summed E-state index contributed by atoms with van der Waals surface area (Å²) in [5.41, 5.74) is 2.23. The number of rotatable bonds is 5. The predicted octanol–water partition coefficient (Wildman–Crippen LogP) is 3.77. The summed E-state index contributed by atoms with van der Waals surface area (Å²) in [6.45, 7) is 3.27. The highest BCUT2D eigenvalue weighted by molar-refractivity contribution is 6.10. The highest BCUT2D eigenvalue weighted by atomic mass is 19.1. The summed E-state index contributed by atoms with van der Waals surface area (Å²) in [6.07, 6.45) is 2.89. The fourth-order valence-electron chi connectivity index (χ4n) is 2.98. The molecule has 1 heterocycles. The zero-order valence-electron chi connectivity index (χ0n) is 15.4. The van der Waals surface area contributed by atoms with E-state index in [2.05, 4.69) is 22.5 Å². The molecule has 0 unspecified atom stereocenters. The molecule has 1 saturated heterocycles. The van der Waals surface area contributed by atoms with Gasteiger partial charge in [0.15, 0.2) is 0 Å². The van der Waals surface area contributed by atoms with E-state index < -0.39 is 11.7 Å². The van der Waals surface area contributed by atoms with Crippen molar-refractivity contribution < 1.29 is 13.9 Å². The lowest BCUT2D eigenvalue weighted by Gasteiger charge is -2.15. The van der Waals surface area contributed by atoms with Gasteiger partial charge < -0.3 is 10.1 Å². The molecule has 0 aliphatic carbocycles. The molecule has 27 heavy (non-hydrogen) atoms. The maximum atomic E-state index is 13.4. The summed E-state index contributed by atoms with van der Waals surface area (Å²) in [7, 11) is 0. The molecular formula is C21H24FN3O2. The van der Waals surface area contributed by atoms with Crippen molar-refractivity contribution in [3.05, 3.63) is 65.5 Å². The number of carbonyl (C=O) groups is 1. The van der Waals surface area contributed by atoms with Gasteiger partial charge in [0.1, 0.15) is 5.82 Å². The van der Waals surface area contributed by atoms with Crippen LogP contribution in [-0.4, -0.2) is 31.1 Å². The van der Waals surface area contributed by atoms with Crippen LogP contribution in [0.3, 0.4) is 0 Å². The summed E-state index contributed by atoms with van der Waals surface area (Å²) in [5.74, 6) is -0.535. The number of anilines is 1. The van der Waals surface area contributed by atoms with Crippen LogP contribution in [0.1, 0.15) is 35.7 Å². The molecule has 1 fully saturated rings. The van der Waals surface area contributed by atoms with Gasteiger partial charge in [0.2, 0.25) is 5.96 Å². The lowest BCUT2D eigenvalue weighted by atomic mass is 10.1. The second-order valence-electron chi connectivity index (χ2n) is 6.42. The van der Waals surface area contributed by atoms with Crippen LogP contribution in [0.25, 0.3) is 0 Å². The molecule has 2 aromatic rings. The van der Waals surface area contributed by atoms with Crippen molar-refractivity contribution in [2.45, 2.75) is 32.3 Å². The van der Waals surface area contributed by atoms with Gasteiger partial charge in [-0.2, -0.15) is 0 Å². The number of aliphatic imine (C=N–C) groups is 1. The summed E-state index contributed by atoms with van der Waals surface area (Å²) in [5, 5.41) is 5.97. The fraction of sp³-hybridized carbons (Fsp3) is 0.333. The Morgan fingerprint density at radius 2 is 2.11 bits per heavy atom. The van der Waals surface area contributed by atoms with E-state index in [1.807, 2.05) is 24.3 Å². The number of hydrogen-bond donors (Lipinski definition) is 2. The van der Waals surface area contributed by atoms with Gasteiger partial charge in [0, 0.05) is 17.9 Å². The Morgan fingerprint density at radius 3 is 2.85 bits per heavy atom. The molecule has 2 aromatic carbocycles. The molecule has 142 valence electrons. The van der Waals surface area contributed by atoms with Gasteiger partial charge in [-0.05, 0) is 49.1 Å². The van der Waals surface area contributed by atoms with Gasteiger partial charge in [0.25, 0.3) is 5.91 Å². The number of ether oxygens (including phenoxy) is 1. The molecule has 1 amide bonds. The highest BCUT2D eigenvalue weighted by Crippen LogP contribution is 2.16. The maximum absolute atomic E-state index is 13.4. The largest absolute Gasteiger partial charge is 0.376 e. The van der Waals surface area contributed by atoms with Crippen LogP contribution in [0.2, 0.25) is 0 Å². The van der Waals surface area contributed by atoms with Crippen molar-refractivity contribution in [2.75, 3.05) is 18.5 Å². The fourth-order valence-corrected chi connectivity index (χ4v) is 2.98. The second-order valence-corrected chi connectivity index (χ2v) is 6.42. The van der Waals surface area contributed by atoms with Gasteiger partial charge >= 0.3 is 0 Å². The van der Waals surface area contributed by atoms with E-state index >= 15 is 0 Å². The second kappa shape index (κ2) is 9.28. The SMILES string of the molecule is CCc1ccccc1NC(=NC[C@@H]1CCCO1)NC(=O)c1cccc(F)c1. The van der Waals surface area contributed by atoms with Gasteiger partial charge in [0.05, 0.1) is 12.6 Å². The average molecular weight is 369 g/mol. The standard InChI is InChI=1S/C21H24FN3O2/c1-2-15-7-3-4-11-19(15)24-21(23-14-18-10-6-12-27-18)25-20(26)16-8-5-9-17(22)13-16/h3-5,7-9,11,13,18H,2,6,10,12,14H2,1H3,(H2,23,24,25,26)/t18-/m0/s1. The average Bonchev–Trinajstić information content (AvgIpc) is 3.20. The number of para-hydroxylation sites is 1. The molecule has 6 heteroatoms. The minimum absolute atomic E-state index is 0.0642. The van der Waals surface area contributed by atoms with E-state index in [1.54, 1.807) is 6.07 Å². The number of benzene rings is 2. The van der Waals surface area contributed by atoms with Crippen LogP contribution >= 0.6 is 0 Å². The molecule has 5 nitrogen and oxygen atoms in total. The number of guanidine groups is 1.